The number of nitrogens with zero attached hydrogens (tertiary/aromatic N) is 2. The van der Waals surface area contributed by atoms with Gasteiger partial charge in [0.1, 0.15) is 0 Å². The lowest BCUT2D eigenvalue weighted by Gasteiger charge is -2.10. The molecule has 6 nitrogen and oxygen atoms in total. The molecule has 1 aromatic rings. The molecule has 0 aliphatic carbocycles. The van der Waals surface area contributed by atoms with Crippen molar-refractivity contribution in [2.24, 2.45) is 0 Å². The Morgan fingerprint density at radius 1 is 1.44 bits per heavy atom. The largest absolute Gasteiger partial charge is 0.478 e. The summed E-state index contributed by atoms with van der Waals surface area (Å²) >= 11 is 0. The second-order valence-electron chi connectivity index (χ2n) is 4.18. The minimum Gasteiger partial charge on any atom is -0.478 e. The first-order valence-corrected chi connectivity index (χ1v) is 6.03. The van der Waals surface area contributed by atoms with Crippen LogP contribution in [0.2, 0.25) is 0 Å². The van der Waals surface area contributed by atoms with E-state index in [0.717, 1.165) is 5.69 Å². The van der Waals surface area contributed by atoms with Gasteiger partial charge < -0.3 is 15.4 Å². The highest BCUT2D eigenvalue weighted by Gasteiger charge is 2.06. The molecule has 0 aliphatic rings. The number of aryl methyl sites for hydroxylation is 1. The molecule has 1 rings (SSSR count). The van der Waals surface area contributed by atoms with Crippen molar-refractivity contribution >= 4 is 11.9 Å². The van der Waals surface area contributed by atoms with E-state index in [1.807, 2.05) is 27.7 Å². The van der Waals surface area contributed by atoms with E-state index in [4.69, 9.17) is 4.74 Å². The number of hydrogen-bond acceptors (Lipinski definition) is 5. The summed E-state index contributed by atoms with van der Waals surface area (Å²) in [5.74, 6) is 0.821. The van der Waals surface area contributed by atoms with Gasteiger partial charge in [-0.1, -0.05) is 0 Å². The number of aromatic nitrogens is 2. The lowest BCUT2D eigenvalue weighted by Crippen LogP contribution is -2.35. The van der Waals surface area contributed by atoms with Crippen LogP contribution in [0.3, 0.4) is 0 Å². The molecule has 0 aliphatic heterocycles. The van der Waals surface area contributed by atoms with E-state index in [1.165, 1.54) is 0 Å². The molecule has 0 atom stereocenters. The highest BCUT2D eigenvalue weighted by molar-refractivity contribution is 5.80. The van der Waals surface area contributed by atoms with Crippen LogP contribution < -0.4 is 15.4 Å². The smallest absolute Gasteiger partial charge is 0.239 e. The van der Waals surface area contributed by atoms with Crippen LogP contribution in [0.1, 0.15) is 26.5 Å². The van der Waals surface area contributed by atoms with Crippen molar-refractivity contribution in [2.75, 3.05) is 18.5 Å². The van der Waals surface area contributed by atoms with E-state index in [2.05, 4.69) is 20.6 Å². The summed E-state index contributed by atoms with van der Waals surface area (Å²) in [6.07, 6.45) is 0. The summed E-state index contributed by atoms with van der Waals surface area (Å²) < 4.78 is 5.31. The number of carbonyl (C=O) groups is 1. The fourth-order valence-electron chi connectivity index (χ4n) is 1.37. The van der Waals surface area contributed by atoms with Gasteiger partial charge in [-0.25, -0.2) is 4.98 Å². The van der Waals surface area contributed by atoms with Gasteiger partial charge in [0.25, 0.3) is 0 Å². The SMILES string of the molecule is CCOc1cc(C)nc(NCC(=O)NC(C)C)n1. The monoisotopic (exact) mass is 252 g/mol. The topological polar surface area (TPSA) is 76.1 Å². The molecular weight excluding hydrogens is 232 g/mol. The molecule has 6 heteroatoms. The molecule has 2 N–H and O–H groups in total. The maximum Gasteiger partial charge on any atom is 0.239 e. The first kappa shape index (κ1) is 14.2. The van der Waals surface area contributed by atoms with Gasteiger partial charge in [-0.3, -0.25) is 4.79 Å². The third-order valence-electron chi connectivity index (χ3n) is 1.98. The quantitative estimate of drug-likeness (QED) is 0.793. The number of hydrogen-bond donors (Lipinski definition) is 2. The highest BCUT2D eigenvalue weighted by Crippen LogP contribution is 2.11. The van der Waals surface area contributed by atoms with Crippen molar-refractivity contribution < 1.29 is 9.53 Å². The Morgan fingerprint density at radius 3 is 2.78 bits per heavy atom. The molecule has 1 heterocycles. The fraction of sp³-hybridized carbons (Fsp3) is 0.583. The Morgan fingerprint density at radius 2 is 2.17 bits per heavy atom. The second-order valence-corrected chi connectivity index (χ2v) is 4.18. The van der Waals surface area contributed by atoms with Gasteiger partial charge in [0.15, 0.2) is 0 Å². The lowest BCUT2D eigenvalue weighted by molar-refractivity contribution is -0.119. The fourth-order valence-corrected chi connectivity index (χ4v) is 1.37. The van der Waals surface area contributed by atoms with E-state index >= 15 is 0 Å². The second kappa shape index (κ2) is 6.78. The molecule has 0 aromatic carbocycles. The van der Waals surface area contributed by atoms with Crippen LogP contribution in [-0.2, 0) is 4.79 Å². The molecule has 0 spiro atoms. The van der Waals surface area contributed by atoms with E-state index in [9.17, 15) is 4.79 Å². The summed E-state index contributed by atoms with van der Waals surface area (Å²) in [5.41, 5.74) is 0.792. The first-order valence-electron chi connectivity index (χ1n) is 6.03. The third-order valence-corrected chi connectivity index (χ3v) is 1.98. The average molecular weight is 252 g/mol. The van der Waals surface area contributed by atoms with Crippen molar-refractivity contribution in [3.8, 4) is 5.88 Å². The summed E-state index contributed by atoms with van der Waals surface area (Å²) in [6, 6.07) is 1.87. The van der Waals surface area contributed by atoms with Crippen LogP contribution in [0.25, 0.3) is 0 Å². The van der Waals surface area contributed by atoms with Crippen molar-refractivity contribution in [1.29, 1.82) is 0 Å². The normalized spacial score (nSPS) is 10.3. The van der Waals surface area contributed by atoms with Crippen molar-refractivity contribution in [1.82, 2.24) is 15.3 Å². The van der Waals surface area contributed by atoms with Crippen molar-refractivity contribution in [2.45, 2.75) is 33.7 Å². The van der Waals surface area contributed by atoms with Gasteiger partial charge in [0.2, 0.25) is 17.7 Å². The van der Waals surface area contributed by atoms with E-state index < -0.39 is 0 Å². The van der Waals surface area contributed by atoms with E-state index in [-0.39, 0.29) is 18.5 Å². The van der Waals surface area contributed by atoms with Gasteiger partial charge in [0, 0.05) is 17.8 Å². The van der Waals surface area contributed by atoms with Gasteiger partial charge in [0.05, 0.1) is 13.2 Å². The lowest BCUT2D eigenvalue weighted by atomic mass is 10.4. The highest BCUT2D eigenvalue weighted by atomic mass is 16.5. The van der Waals surface area contributed by atoms with Gasteiger partial charge >= 0.3 is 0 Å². The average Bonchev–Trinajstić information content (AvgIpc) is 2.25. The van der Waals surface area contributed by atoms with Crippen LogP contribution in [0, 0.1) is 6.92 Å². The molecular formula is C12H20N4O2. The number of nitrogens with one attached hydrogen (secondary N) is 2. The minimum atomic E-state index is -0.0898. The number of carbonyl (C=O) groups excluding carboxylic acids is 1. The number of ether oxygens (including phenoxy) is 1. The Hall–Kier alpha value is -1.85. The van der Waals surface area contributed by atoms with Crippen LogP contribution in [0.5, 0.6) is 5.88 Å². The molecule has 0 radical (unpaired) electrons. The summed E-state index contributed by atoms with van der Waals surface area (Å²) in [5, 5.41) is 5.65. The number of amides is 1. The maximum absolute atomic E-state index is 11.5. The molecule has 0 bridgehead atoms. The summed E-state index contributed by atoms with van der Waals surface area (Å²) in [7, 11) is 0. The molecule has 0 unspecified atom stereocenters. The van der Waals surface area contributed by atoms with E-state index in [1.54, 1.807) is 6.07 Å². The summed E-state index contributed by atoms with van der Waals surface area (Å²) in [6.45, 7) is 8.25. The third kappa shape index (κ3) is 4.99. The predicted molar refractivity (Wildman–Crippen MR) is 69.7 cm³/mol. The molecule has 0 fully saturated rings. The molecule has 100 valence electrons. The Bertz CT molecular complexity index is 407. The van der Waals surface area contributed by atoms with Gasteiger partial charge in [-0.15, -0.1) is 0 Å². The molecule has 0 saturated heterocycles. The standard InChI is InChI=1S/C12H20N4O2/c1-5-18-11-6-9(4)15-12(16-11)13-7-10(17)14-8(2)3/h6,8H,5,7H2,1-4H3,(H,14,17)(H,13,15,16). The zero-order valence-electron chi connectivity index (χ0n) is 11.3. The summed E-state index contributed by atoms with van der Waals surface area (Å²) in [4.78, 5) is 19.8. The first-order chi connectivity index (χ1) is 8.51. The van der Waals surface area contributed by atoms with Gasteiger partial charge in [-0.05, 0) is 27.7 Å². The Labute approximate surface area is 107 Å². The zero-order chi connectivity index (χ0) is 13.5. The molecule has 18 heavy (non-hydrogen) atoms. The Balaban J connectivity index is 2.58. The van der Waals surface area contributed by atoms with Crippen molar-refractivity contribution in [3.63, 3.8) is 0 Å². The van der Waals surface area contributed by atoms with Crippen LogP contribution in [-0.4, -0.2) is 35.1 Å². The van der Waals surface area contributed by atoms with Crippen LogP contribution in [0.15, 0.2) is 6.07 Å². The zero-order valence-corrected chi connectivity index (χ0v) is 11.3. The molecule has 1 amide bonds. The molecule has 1 aromatic heterocycles. The Kier molecular flexibility index (Phi) is 5.35. The van der Waals surface area contributed by atoms with Crippen LogP contribution in [0.4, 0.5) is 5.95 Å². The predicted octanol–water partition coefficient (Wildman–Crippen LogP) is 1.12. The maximum atomic E-state index is 11.5. The number of rotatable bonds is 6. The molecule has 0 saturated carbocycles. The number of anilines is 1. The van der Waals surface area contributed by atoms with Gasteiger partial charge in [-0.2, -0.15) is 4.98 Å². The van der Waals surface area contributed by atoms with Crippen LogP contribution >= 0.6 is 0 Å². The minimum absolute atomic E-state index is 0.0898. The van der Waals surface area contributed by atoms with Crippen molar-refractivity contribution in [3.05, 3.63) is 11.8 Å². The van der Waals surface area contributed by atoms with E-state index in [0.29, 0.717) is 18.4 Å².